The van der Waals surface area contributed by atoms with Crippen LogP contribution in [-0.2, 0) is 0 Å². The molecule has 2 nitrogen and oxygen atoms in total. The Bertz CT molecular complexity index is 1270. The molecule has 0 atom stereocenters. The molecule has 0 aliphatic rings. The van der Waals surface area contributed by atoms with Crippen LogP contribution in [0.5, 0.6) is 0 Å². The zero-order valence-electron chi connectivity index (χ0n) is 12.6. The maximum absolute atomic E-state index is 14.3. The summed E-state index contributed by atoms with van der Waals surface area (Å²) in [4.78, 5) is 7.95. The second-order valence-electron chi connectivity index (χ2n) is 5.76. The fraction of sp³-hybridized carbons (Fsp3) is 0. The van der Waals surface area contributed by atoms with E-state index in [-0.39, 0.29) is 5.56 Å². The Morgan fingerprint density at radius 2 is 1.88 bits per heavy atom. The Morgan fingerprint density at radius 3 is 2.72 bits per heavy atom. The van der Waals surface area contributed by atoms with Gasteiger partial charge in [0.1, 0.15) is 11.6 Å². The molecule has 6 heteroatoms. The molecule has 0 aliphatic heterocycles. The number of rotatable bonds is 1. The number of nitrogens with one attached hydrogen (secondary N) is 1. The number of imidazole rings is 1. The van der Waals surface area contributed by atoms with Gasteiger partial charge in [-0.05, 0) is 41.1 Å². The van der Waals surface area contributed by atoms with Crippen molar-refractivity contribution in [2.45, 2.75) is 0 Å². The highest BCUT2D eigenvalue weighted by Crippen LogP contribution is 2.40. The van der Waals surface area contributed by atoms with Crippen molar-refractivity contribution in [3.63, 3.8) is 0 Å². The molecule has 0 saturated carbocycles. The van der Waals surface area contributed by atoms with Crippen LogP contribution < -0.4 is 0 Å². The van der Waals surface area contributed by atoms with E-state index in [4.69, 9.17) is 23.2 Å². The fourth-order valence-corrected chi connectivity index (χ4v) is 4.57. The van der Waals surface area contributed by atoms with E-state index in [1.807, 2.05) is 23.6 Å². The van der Waals surface area contributed by atoms with Gasteiger partial charge in [-0.2, -0.15) is 0 Å². The van der Waals surface area contributed by atoms with Gasteiger partial charge < -0.3 is 4.98 Å². The molecule has 0 amide bonds. The largest absolute Gasteiger partial charge is 0.337 e. The van der Waals surface area contributed by atoms with Crippen molar-refractivity contribution in [1.82, 2.24) is 9.97 Å². The van der Waals surface area contributed by atoms with Gasteiger partial charge >= 0.3 is 0 Å². The molecule has 5 aromatic rings. The topological polar surface area (TPSA) is 28.7 Å². The minimum Gasteiger partial charge on any atom is -0.337 e. The van der Waals surface area contributed by atoms with E-state index < -0.39 is 5.82 Å². The highest BCUT2D eigenvalue weighted by molar-refractivity contribution is 7.18. The second kappa shape index (κ2) is 5.43. The number of hydrogen-bond acceptors (Lipinski definition) is 2. The van der Waals surface area contributed by atoms with E-state index in [0.717, 1.165) is 31.9 Å². The monoisotopic (exact) mass is 386 g/mol. The average Bonchev–Trinajstić information content (AvgIpc) is 3.21. The van der Waals surface area contributed by atoms with Crippen molar-refractivity contribution in [2.24, 2.45) is 0 Å². The highest BCUT2D eigenvalue weighted by Gasteiger charge is 2.18. The summed E-state index contributed by atoms with van der Waals surface area (Å²) in [5.74, 6) is 0.0246. The lowest BCUT2D eigenvalue weighted by atomic mass is 10.1. The molecule has 5 rings (SSSR count). The smallest absolute Gasteiger partial charge is 0.143 e. The first-order valence-electron chi connectivity index (χ1n) is 7.56. The number of thiophene rings is 1. The predicted molar refractivity (Wildman–Crippen MR) is 104 cm³/mol. The maximum atomic E-state index is 14.3. The summed E-state index contributed by atoms with van der Waals surface area (Å²) < 4.78 is 15.4. The van der Waals surface area contributed by atoms with Crippen LogP contribution >= 0.6 is 34.5 Å². The highest BCUT2D eigenvalue weighted by atomic mass is 35.5. The second-order valence-corrected chi connectivity index (χ2v) is 7.52. The minimum absolute atomic E-state index is 0.284. The zero-order chi connectivity index (χ0) is 17.1. The van der Waals surface area contributed by atoms with Gasteiger partial charge in [0, 0.05) is 15.8 Å². The molecule has 0 fully saturated rings. The number of nitrogens with zero attached hydrogens (tertiary/aromatic N) is 1. The number of benzene rings is 3. The molecule has 0 aliphatic carbocycles. The van der Waals surface area contributed by atoms with Crippen molar-refractivity contribution in [1.29, 1.82) is 0 Å². The summed E-state index contributed by atoms with van der Waals surface area (Å²) in [5.41, 5.74) is 1.96. The molecule has 0 radical (unpaired) electrons. The van der Waals surface area contributed by atoms with Gasteiger partial charge in [-0.15, -0.1) is 11.3 Å². The van der Waals surface area contributed by atoms with Crippen LogP contribution in [0.4, 0.5) is 4.39 Å². The van der Waals surface area contributed by atoms with Crippen molar-refractivity contribution in [3.8, 4) is 11.4 Å². The van der Waals surface area contributed by atoms with Gasteiger partial charge in [-0.25, -0.2) is 9.37 Å². The molecule has 122 valence electrons. The van der Waals surface area contributed by atoms with Crippen LogP contribution in [0, 0.1) is 5.82 Å². The molecule has 0 spiro atoms. The third kappa shape index (κ3) is 2.18. The number of hydrogen-bond donors (Lipinski definition) is 1. The average molecular weight is 387 g/mol. The van der Waals surface area contributed by atoms with Crippen LogP contribution in [0.25, 0.3) is 43.3 Å². The normalized spacial score (nSPS) is 11.8. The lowest BCUT2D eigenvalue weighted by Crippen LogP contribution is -1.87. The molecule has 3 aromatic carbocycles. The number of halogens is 3. The molecule has 1 N–H and O–H groups in total. The molecule has 0 unspecified atom stereocenters. The third-order valence-electron chi connectivity index (χ3n) is 4.32. The van der Waals surface area contributed by atoms with E-state index in [0.29, 0.717) is 15.9 Å². The fourth-order valence-electron chi connectivity index (χ4n) is 3.24. The quantitative estimate of drug-likeness (QED) is 0.328. The summed E-state index contributed by atoms with van der Waals surface area (Å²) in [6.07, 6.45) is 0. The molecule has 0 bridgehead atoms. The van der Waals surface area contributed by atoms with Gasteiger partial charge in [0.05, 0.1) is 26.3 Å². The van der Waals surface area contributed by atoms with Crippen molar-refractivity contribution >= 4 is 66.4 Å². The standard InChI is InChI=1S/C19H9Cl2FN2S/c20-9-4-5-10-12(8-9)11-6-7-25-18(11)17-16(10)23-19(24-17)15-13(21)2-1-3-14(15)22/h1-8H,(H,23,24). The summed E-state index contributed by atoms with van der Waals surface area (Å²) in [6, 6.07) is 12.4. The number of fused-ring (bicyclic) bond motifs is 6. The molecular weight excluding hydrogens is 378 g/mol. The number of aromatic amines is 1. The van der Waals surface area contributed by atoms with Gasteiger partial charge in [-0.1, -0.05) is 35.3 Å². The Hall–Kier alpha value is -2.14. The minimum atomic E-state index is -0.402. The summed E-state index contributed by atoms with van der Waals surface area (Å²) in [6.45, 7) is 0. The third-order valence-corrected chi connectivity index (χ3v) is 5.80. The molecule has 2 heterocycles. The predicted octanol–water partition coefficient (Wildman–Crippen LogP) is 7.04. The zero-order valence-corrected chi connectivity index (χ0v) is 14.9. The van der Waals surface area contributed by atoms with Gasteiger partial charge in [-0.3, -0.25) is 0 Å². The Labute approximate surface area is 155 Å². The molecular formula is C19H9Cl2FN2S. The van der Waals surface area contributed by atoms with E-state index >= 15 is 0 Å². The maximum Gasteiger partial charge on any atom is 0.143 e. The first-order valence-corrected chi connectivity index (χ1v) is 9.19. The SMILES string of the molecule is Fc1cccc(Cl)c1-c1nc2c3ccc(Cl)cc3c3ccsc3c2[nH]1. The lowest BCUT2D eigenvalue weighted by molar-refractivity contribution is 0.630. The van der Waals surface area contributed by atoms with E-state index in [1.165, 1.54) is 6.07 Å². The molecule has 2 aromatic heterocycles. The first kappa shape index (κ1) is 15.1. The Balaban J connectivity index is 1.96. The number of H-pyrrole nitrogens is 1. The summed E-state index contributed by atoms with van der Waals surface area (Å²) in [5, 5.41) is 6.14. The van der Waals surface area contributed by atoms with Crippen LogP contribution in [0.3, 0.4) is 0 Å². The van der Waals surface area contributed by atoms with Crippen molar-refractivity contribution < 1.29 is 4.39 Å². The van der Waals surface area contributed by atoms with Gasteiger partial charge in [0.25, 0.3) is 0 Å². The van der Waals surface area contributed by atoms with Crippen LogP contribution in [0.2, 0.25) is 10.0 Å². The summed E-state index contributed by atoms with van der Waals surface area (Å²) >= 11 is 14.0. The van der Waals surface area contributed by atoms with Gasteiger partial charge in [0.15, 0.2) is 0 Å². The van der Waals surface area contributed by atoms with Crippen molar-refractivity contribution in [2.75, 3.05) is 0 Å². The number of aromatic nitrogens is 2. The van der Waals surface area contributed by atoms with E-state index in [9.17, 15) is 4.39 Å². The van der Waals surface area contributed by atoms with Crippen molar-refractivity contribution in [3.05, 3.63) is 63.7 Å². The Kier molecular flexibility index (Phi) is 3.29. The first-order chi connectivity index (χ1) is 12.1. The van der Waals surface area contributed by atoms with Crippen LogP contribution in [0.1, 0.15) is 0 Å². The lowest BCUT2D eigenvalue weighted by Gasteiger charge is -2.02. The van der Waals surface area contributed by atoms with E-state index in [2.05, 4.69) is 16.0 Å². The summed E-state index contributed by atoms with van der Waals surface area (Å²) in [7, 11) is 0. The Morgan fingerprint density at radius 1 is 1.00 bits per heavy atom. The van der Waals surface area contributed by atoms with Crippen LogP contribution in [-0.4, -0.2) is 9.97 Å². The molecule has 0 saturated heterocycles. The van der Waals surface area contributed by atoms with E-state index in [1.54, 1.807) is 23.5 Å². The van der Waals surface area contributed by atoms with Crippen LogP contribution in [0.15, 0.2) is 47.8 Å². The van der Waals surface area contributed by atoms with Gasteiger partial charge in [0.2, 0.25) is 0 Å². The molecule has 25 heavy (non-hydrogen) atoms.